The Bertz CT molecular complexity index is 925. The number of pyridine rings is 1. The SMILES string of the molecule is COc1ccc(C)c(Nc2cc(C3CC3)nc3c2ncn3C)c1C. The Balaban J connectivity index is 1.85. The molecule has 124 valence electrons. The van der Waals surface area contributed by atoms with Gasteiger partial charge in [-0.05, 0) is 44.4 Å². The molecule has 1 aliphatic carbocycles. The minimum absolute atomic E-state index is 0.595. The van der Waals surface area contributed by atoms with Gasteiger partial charge in [0.15, 0.2) is 5.65 Å². The van der Waals surface area contributed by atoms with Crippen LogP contribution in [0.3, 0.4) is 0 Å². The highest BCUT2D eigenvalue weighted by atomic mass is 16.5. The van der Waals surface area contributed by atoms with Crippen molar-refractivity contribution >= 4 is 22.5 Å². The van der Waals surface area contributed by atoms with Crippen LogP contribution in [0.4, 0.5) is 11.4 Å². The molecule has 5 nitrogen and oxygen atoms in total. The van der Waals surface area contributed by atoms with Crippen LogP contribution in [0.5, 0.6) is 5.75 Å². The van der Waals surface area contributed by atoms with Crippen LogP contribution >= 0.6 is 0 Å². The van der Waals surface area contributed by atoms with Gasteiger partial charge in [-0.25, -0.2) is 9.97 Å². The second-order valence-corrected chi connectivity index (χ2v) is 6.61. The van der Waals surface area contributed by atoms with Gasteiger partial charge in [-0.3, -0.25) is 0 Å². The van der Waals surface area contributed by atoms with Crippen molar-refractivity contribution in [3.05, 3.63) is 41.3 Å². The summed E-state index contributed by atoms with van der Waals surface area (Å²) >= 11 is 0. The van der Waals surface area contributed by atoms with Gasteiger partial charge in [-0.15, -0.1) is 0 Å². The van der Waals surface area contributed by atoms with E-state index in [2.05, 4.69) is 36.3 Å². The van der Waals surface area contributed by atoms with E-state index in [-0.39, 0.29) is 0 Å². The molecule has 0 aliphatic heterocycles. The van der Waals surface area contributed by atoms with Gasteiger partial charge < -0.3 is 14.6 Å². The van der Waals surface area contributed by atoms with Crippen molar-refractivity contribution in [3.63, 3.8) is 0 Å². The molecular weight excluding hydrogens is 300 g/mol. The zero-order chi connectivity index (χ0) is 16.8. The predicted molar refractivity (Wildman–Crippen MR) is 96.2 cm³/mol. The van der Waals surface area contributed by atoms with Gasteiger partial charge in [0.1, 0.15) is 11.3 Å². The summed E-state index contributed by atoms with van der Waals surface area (Å²) in [5.41, 5.74) is 7.38. The molecule has 0 saturated heterocycles. The molecule has 0 amide bonds. The Hall–Kier alpha value is -2.56. The van der Waals surface area contributed by atoms with E-state index in [1.165, 1.54) is 18.4 Å². The van der Waals surface area contributed by atoms with E-state index in [4.69, 9.17) is 9.72 Å². The van der Waals surface area contributed by atoms with E-state index in [1.54, 1.807) is 7.11 Å². The molecule has 24 heavy (non-hydrogen) atoms. The lowest BCUT2D eigenvalue weighted by atomic mass is 10.1. The molecule has 0 radical (unpaired) electrons. The largest absolute Gasteiger partial charge is 0.496 e. The second-order valence-electron chi connectivity index (χ2n) is 6.61. The monoisotopic (exact) mass is 322 g/mol. The second kappa shape index (κ2) is 5.51. The van der Waals surface area contributed by atoms with Gasteiger partial charge >= 0.3 is 0 Å². The number of aromatic nitrogens is 3. The van der Waals surface area contributed by atoms with Gasteiger partial charge in [0.25, 0.3) is 0 Å². The van der Waals surface area contributed by atoms with E-state index in [1.807, 2.05) is 24.0 Å². The van der Waals surface area contributed by atoms with Gasteiger partial charge in [0.2, 0.25) is 0 Å². The minimum Gasteiger partial charge on any atom is -0.496 e. The lowest BCUT2D eigenvalue weighted by molar-refractivity contribution is 0.412. The van der Waals surface area contributed by atoms with Crippen LogP contribution < -0.4 is 10.1 Å². The number of nitrogens with zero attached hydrogens (tertiary/aromatic N) is 3. The number of aryl methyl sites for hydroxylation is 2. The molecular formula is C19H22N4O. The topological polar surface area (TPSA) is 52.0 Å². The molecule has 4 rings (SSSR count). The third kappa shape index (κ3) is 2.40. The molecule has 0 spiro atoms. The Morgan fingerprint density at radius 3 is 2.75 bits per heavy atom. The summed E-state index contributed by atoms with van der Waals surface area (Å²) in [7, 11) is 3.70. The number of methoxy groups -OCH3 is 1. The summed E-state index contributed by atoms with van der Waals surface area (Å²) in [6.07, 6.45) is 4.28. The Labute approximate surface area is 141 Å². The molecule has 5 heteroatoms. The van der Waals surface area contributed by atoms with E-state index in [0.717, 1.165) is 39.5 Å². The molecule has 1 aromatic carbocycles. The van der Waals surface area contributed by atoms with Crippen molar-refractivity contribution < 1.29 is 4.74 Å². The van der Waals surface area contributed by atoms with Gasteiger partial charge in [0, 0.05) is 29.9 Å². The average molecular weight is 322 g/mol. The van der Waals surface area contributed by atoms with Crippen LogP contribution in [-0.2, 0) is 7.05 Å². The average Bonchev–Trinajstić information content (AvgIpc) is 3.36. The Morgan fingerprint density at radius 1 is 1.25 bits per heavy atom. The van der Waals surface area contributed by atoms with E-state index >= 15 is 0 Å². The number of nitrogens with one attached hydrogen (secondary N) is 1. The van der Waals surface area contributed by atoms with Crippen LogP contribution in [-0.4, -0.2) is 21.6 Å². The summed E-state index contributed by atoms with van der Waals surface area (Å²) < 4.78 is 7.45. The molecule has 2 heterocycles. The minimum atomic E-state index is 0.595. The number of hydrogen-bond donors (Lipinski definition) is 1. The summed E-state index contributed by atoms with van der Waals surface area (Å²) in [6, 6.07) is 6.24. The van der Waals surface area contributed by atoms with Crippen LogP contribution in [0.2, 0.25) is 0 Å². The molecule has 3 aromatic rings. The first-order valence-electron chi connectivity index (χ1n) is 8.31. The number of anilines is 2. The maximum atomic E-state index is 5.47. The first kappa shape index (κ1) is 15.0. The number of hydrogen-bond acceptors (Lipinski definition) is 4. The smallest absolute Gasteiger partial charge is 0.161 e. The summed E-state index contributed by atoms with van der Waals surface area (Å²) in [6.45, 7) is 4.18. The standard InChI is InChI=1S/C19H22N4O/c1-11-5-8-16(24-4)12(2)17(11)21-15-9-14(13-6-7-13)22-19-18(15)20-10-23(19)3/h5,8-10,13H,6-7H2,1-4H3,(H,21,22). The highest BCUT2D eigenvalue weighted by molar-refractivity contribution is 5.89. The molecule has 1 N–H and O–H groups in total. The normalized spacial score (nSPS) is 14.2. The van der Waals surface area contributed by atoms with Gasteiger partial charge in [-0.2, -0.15) is 0 Å². The van der Waals surface area contributed by atoms with Crippen LogP contribution in [0.1, 0.15) is 35.6 Å². The summed E-state index contributed by atoms with van der Waals surface area (Å²) in [4.78, 5) is 9.36. The van der Waals surface area contributed by atoms with E-state index < -0.39 is 0 Å². The van der Waals surface area contributed by atoms with Crippen LogP contribution in [0.25, 0.3) is 11.2 Å². The Kier molecular flexibility index (Phi) is 3.44. The van der Waals surface area contributed by atoms with Gasteiger partial charge in [0.05, 0.1) is 19.1 Å². The third-order valence-corrected chi connectivity index (χ3v) is 4.79. The fourth-order valence-electron chi connectivity index (χ4n) is 3.18. The number of fused-ring (bicyclic) bond motifs is 1. The lowest BCUT2D eigenvalue weighted by Crippen LogP contribution is -2.01. The third-order valence-electron chi connectivity index (χ3n) is 4.79. The molecule has 1 saturated carbocycles. The van der Waals surface area contributed by atoms with Crippen LogP contribution in [0.15, 0.2) is 24.5 Å². The predicted octanol–water partition coefficient (Wildman–Crippen LogP) is 4.21. The van der Waals surface area contributed by atoms with Crippen LogP contribution in [0, 0.1) is 13.8 Å². The van der Waals surface area contributed by atoms with Crippen molar-refractivity contribution in [2.45, 2.75) is 32.6 Å². The fourth-order valence-corrected chi connectivity index (χ4v) is 3.18. The molecule has 0 atom stereocenters. The zero-order valence-corrected chi connectivity index (χ0v) is 14.6. The molecule has 0 unspecified atom stereocenters. The number of ether oxygens (including phenoxy) is 1. The molecule has 2 aromatic heterocycles. The number of benzene rings is 1. The highest BCUT2D eigenvalue weighted by Gasteiger charge is 2.27. The fraction of sp³-hybridized carbons (Fsp3) is 0.368. The quantitative estimate of drug-likeness (QED) is 0.781. The molecule has 1 fully saturated rings. The van der Waals surface area contributed by atoms with Crippen molar-refractivity contribution in [2.24, 2.45) is 7.05 Å². The Morgan fingerprint density at radius 2 is 2.04 bits per heavy atom. The summed E-state index contributed by atoms with van der Waals surface area (Å²) in [5.74, 6) is 1.48. The maximum absolute atomic E-state index is 5.47. The summed E-state index contributed by atoms with van der Waals surface area (Å²) in [5, 5.41) is 3.60. The van der Waals surface area contributed by atoms with E-state index in [0.29, 0.717) is 5.92 Å². The number of rotatable bonds is 4. The van der Waals surface area contributed by atoms with Gasteiger partial charge in [-0.1, -0.05) is 6.07 Å². The van der Waals surface area contributed by atoms with E-state index in [9.17, 15) is 0 Å². The molecule has 0 bridgehead atoms. The van der Waals surface area contributed by atoms with Crippen molar-refractivity contribution in [1.82, 2.24) is 14.5 Å². The molecule has 1 aliphatic rings. The zero-order valence-electron chi connectivity index (χ0n) is 14.6. The maximum Gasteiger partial charge on any atom is 0.161 e. The first-order chi connectivity index (χ1) is 11.6. The van der Waals surface area contributed by atoms with Crippen molar-refractivity contribution in [1.29, 1.82) is 0 Å². The van der Waals surface area contributed by atoms with Crippen molar-refractivity contribution in [2.75, 3.05) is 12.4 Å². The number of imidazole rings is 1. The first-order valence-corrected chi connectivity index (χ1v) is 8.31. The lowest BCUT2D eigenvalue weighted by Gasteiger charge is -2.16. The van der Waals surface area contributed by atoms with Crippen molar-refractivity contribution in [3.8, 4) is 5.75 Å². The highest BCUT2D eigenvalue weighted by Crippen LogP contribution is 2.42.